The number of hydrogen-bond acceptors (Lipinski definition) is 5. The van der Waals surface area contributed by atoms with Gasteiger partial charge in [-0.1, -0.05) is 31.9 Å². The largest absolute Gasteiger partial charge is 0.507 e. The topological polar surface area (TPSA) is 84.4 Å². The molecule has 1 amide bonds. The molecule has 26 heavy (non-hydrogen) atoms. The SMILES string of the molecule is CCCCC1c2nc(-c3ccccc3O)cn2CCN1C(=O)C(N)CS. The van der Waals surface area contributed by atoms with Gasteiger partial charge in [-0.05, 0) is 18.6 Å². The van der Waals surface area contributed by atoms with E-state index in [2.05, 4.69) is 24.1 Å². The van der Waals surface area contributed by atoms with Crippen LogP contribution in [0.3, 0.4) is 0 Å². The lowest BCUT2D eigenvalue weighted by molar-refractivity contribution is -0.136. The van der Waals surface area contributed by atoms with Crippen molar-refractivity contribution in [1.29, 1.82) is 0 Å². The van der Waals surface area contributed by atoms with E-state index in [-0.39, 0.29) is 17.7 Å². The Labute approximate surface area is 159 Å². The van der Waals surface area contributed by atoms with Gasteiger partial charge < -0.3 is 20.3 Å². The van der Waals surface area contributed by atoms with E-state index < -0.39 is 6.04 Å². The van der Waals surface area contributed by atoms with Crippen molar-refractivity contribution in [3.63, 3.8) is 0 Å². The van der Waals surface area contributed by atoms with Crippen molar-refractivity contribution < 1.29 is 9.90 Å². The highest BCUT2D eigenvalue weighted by atomic mass is 32.1. The standard InChI is InChI=1S/C19H26N4O2S/c1-2-3-7-16-18-21-15(13-6-4-5-8-17(13)24)11-22(18)9-10-23(16)19(25)14(20)12-26/h4-6,8,11,14,16,24,26H,2-3,7,9-10,12,20H2,1H3. The third-order valence-corrected chi connectivity index (χ3v) is 5.26. The molecule has 1 aliphatic rings. The molecule has 0 aliphatic carbocycles. The van der Waals surface area contributed by atoms with Crippen LogP contribution in [0.4, 0.5) is 0 Å². The highest BCUT2D eigenvalue weighted by molar-refractivity contribution is 7.80. The van der Waals surface area contributed by atoms with Crippen LogP contribution in [-0.2, 0) is 11.3 Å². The molecule has 2 atom stereocenters. The molecule has 2 unspecified atom stereocenters. The first kappa shape index (κ1) is 18.8. The number of phenols is 1. The Bertz CT molecular complexity index is 777. The minimum Gasteiger partial charge on any atom is -0.507 e. The molecule has 1 aromatic carbocycles. The molecule has 0 spiro atoms. The monoisotopic (exact) mass is 374 g/mol. The van der Waals surface area contributed by atoms with E-state index >= 15 is 0 Å². The summed E-state index contributed by atoms with van der Waals surface area (Å²) in [4.78, 5) is 19.4. The smallest absolute Gasteiger partial charge is 0.241 e. The molecular formula is C19H26N4O2S. The number of nitrogens with two attached hydrogens (primary N) is 1. The molecule has 0 saturated carbocycles. The Morgan fingerprint density at radius 3 is 2.88 bits per heavy atom. The van der Waals surface area contributed by atoms with Gasteiger partial charge in [0, 0.05) is 30.6 Å². The van der Waals surface area contributed by atoms with Crippen LogP contribution >= 0.6 is 12.6 Å². The van der Waals surface area contributed by atoms with Gasteiger partial charge in [0.1, 0.15) is 11.6 Å². The van der Waals surface area contributed by atoms with Crippen LogP contribution in [0.25, 0.3) is 11.3 Å². The second kappa shape index (κ2) is 8.14. The summed E-state index contributed by atoms with van der Waals surface area (Å²) in [7, 11) is 0. The second-order valence-electron chi connectivity index (χ2n) is 6.67. The van der Waals surface area contributed by atoms with Gasteiger partial charge in [0.05, 0.1) is 17.8 Å². The summed E-state index contributed by atoms with van der Waals surface area (Å²) in [5, 5.41) is 10.1. The van der Waals surface area contributed by atoms with Crippen molar-refractivity contribution in [3.8, 4) is 17.0 Å². The first-order valence-corrected chi connectivity index (χ1v) is 9.72. The second-order valence-corrected chi connectivity index (χ2v) is 7.04. The third kappa shape index (κ3) is 3.59. The fourth-order valence-electron chi connectivity index (χ4n) is 3.44. The van der Waals surface area contributed by atoms with Crippen LogP contribution in [-0.4, -0.2) is 43.8 Å². The van der Waals surface area contributed by atoms with Gasteiger partial charge in [-0.15, -0.1) is 0 Å². The number of aromatic hydroxyl groups is 1. The number of para-hydroxylation sites is 1. The summed E-state index contributed by atoms with van der Waals surface area (Å²) in [6, 6.07) is 6.49. The van der Waals surface area contributed by atoms with Crippen LogP contribution in [0.5, 0.6) is 5.75 Å². The number of aromatic nitrogens is 2. The Kier molecular flexibility index (Phi) is 5.88. The molecule has 6 nitrogen and oxygen atoms in total. The average Bonchev–Trinajstić information content (AvgIpc) is 3.09. The van der Waals surface area contributed by atoms with Gasteiger partial charge >= 0.3 is 0 Å². The summed E-state index contributed by atoms with van der Waals surface area (Å²) < 4.78 is 2.10. The van der Waals surface area contributed by atoms with Gasteiger partial charge in [0.15, 0.2) is 0 Å². The van der Waals surface area contributed by atoms with Crippen LogP contribution in [0.15, 0.2) is 30.5 Å². The molecule has 2 aromatic rings. The Morgan fingerprint density at radius 1 is 1.42 bits per heavy atom. The molecule has 1 aliphatic heterocycles. The molecule has 0 radical (unpaired) electrons. The first-order valence-electron chi connectivity index (χ1n) is 9.09. The van der Waals surface area contributed by atoms with E-state index in [1.54, 1.807) is 12.1 Å². The zero-order valence-corrected chi connectivity index (χ0v) is 15.9. The molecule has 7 heteroatoms. The number of benzene rings is 1. The highest BCUT2D eigenvalue weighted by Gasteiger charge is 2.34. The number of amides is 1. The maximum absolute atomic E-state index is 12.7. The lowest BCUT2D eigenvalue weighted by Gasteiger charge is -2.37. The molecule has 2 heterocycles. The van der Waals surface area contributed by atoms with Crippen molar-refractivity contribution >= 4 is 18.5 Å². The zero-order valence-electron chi connectivity index (χ0n) is 15.0. The Morgan fingerprint density at radius 2 is 2.19 bits per heavy atom. The summed E-state index contributed by atoms with van der Waals surface area (Å²) in [5.74, 6) is 1.33. The van der Waals surface area contributed by atoms with E-state index in [1.807, 2.05) is 23.2 Å². The highest BCUT2D eigenvalue weighted by Crippen LogP contribution is 2.34. The lowest BCUT2D eigenvalue weighted by Crippen LogP contribution is -2.50. The maximum Gasteiger partial charge on any atom is 0.241 e. The molecule has 3 N–H and O–H groups in total. The van der Waals surface area contributed by atoms with Crippen molar-refractivity contribution in [2.45, 2.75) is 44.8 Å². The van der Waals surface area contributed by atoms with E-state index in [4.69, 9.17) is 10.7 Å². The number of carbonyl (C=O) groups is 1. The van der Waals surface area contributed by atoms with Gasteiger partial charge in [-0.25, -0.2) is 4.98 Å². The molecule has 0 fully saturated rings. The van der Waals surface area contributed by atoms with Crippen molar-refractivity contribution in [3.05, 3.63) is 36.3 Å². The van der Waals surface area contributed by atoms with E-state index in [1.165, 1.54) is 0 Å². The predicted octanol–water partition coefficient (Wildman–Crippen LogP) is 2.59. The molecule has 0 bridgehead atoms. The van der Waals surface area contributed by atoms with E-state index in [0.29, 0.717) is 24.4 Å². The number of hydrogen-bond donors (Lipinski definition) is 3. The predicted molar refractivity (Wildman–Crippen MR) is 105 cm³/mol. The number of imidazole rings is 1. The molecule has 140 valence electrons. The Balaban J connectivity index is 1.96. The normalized spacial score (nSPS) is 17.8. The lowest BCUT2D eigenvalue weighted by atomic mass is 10.0. The Hall–Kier alpha value is -1.99. The van der Waals surface area contributed by atoms with Gasteiger partial charge in [0.2, 0.25) is 5.91 Å². The van der Waals surface area contributed by atoms with Gasteiger partial charge in [0.25, 0.3) is 0 Å². The third-order valence-electron chi connectivity index (χ3n) is 4.87. The van der Waals surface area contributed by atoms with Crippen LogP contribution < -0.4 is 5.73 Å². The van der Waals surface area contributed by atoms with E-state index in [0.717, 1.165) is 30.8 Å². The molecule has 0 saturated heterocycles. The average molecular weight is 375 g/mol. The quantitative estimate of drug-likeness (QED) is 0.679. The summed E-state index contributed by atoms with van der Waals surface area (Å²) >= 11 is 4.17. The minimum atomic E-state index is -0.596. The van der Waals surface area contributed by atoms with Crippen LogP contribution in [0.2, 0.25) is 0 Å². The van der Waals surface area contributed by atoms with Crippen molar-refractivity contribution in [2.75, 3.05) is 12.3 Å². The van der Waals surface area contributed by atoms with Crippen molar-refractivity contribution in [2.24, 2.45) is 5.73 Å². The fraction of sp³-hybridized carbons (Fsp3) is 0.474. The van der Waals surface area contributed by atoms with Crippen LogP contribution in [0.1, 0.15) is 38.1 Å². The number of fused-ring (bicyclic) bond motifs is 1. The van der Waals surface area contributed by atoms with Crippen molar-refractivity contribution in [1.82, 2.24) is 14.5 Å². The molecule has 3 rings (SSSR count). The number of unbranched alkanes of at least 4 members (excludes halogenated alkanes) is 1. The van der Waals surface area contributed by atoms with Crippen LogP contribution in [0, 0.1) is 0 Å². The van der Waals surface area contributed by atoms with Gasteiger partial charge in [-0.3, -0.25) is 4.79 Å². The fourth-order valence-corrected chi connectivity index (χ4v) is 3.60. The first-order chi connectivity index (χ1) is 12.6. The van der Waals surface area contributed by atoms with E-state index in [9.17, 15) is 9.90 Å². The maximum atomic E-state index is 12.7. The number of rotatable bonds is 6. The number of carbonyl (C=O) groups excluding carboxylic acids is 1. The molecule has 1 aromatic heterocycles. The molecular weight excluding hydrogens is 348 g/mol. The number of nitrogens with zero attached hydrogens (tertiary/aromatic N) is 3. The summed E-state index contributed by atoms with van der Waals surface area (Å²) in [5.41, 5.74) is 7.38. The van der Waals surface area contributed by atoms with Gasteiger partial charge in [-0.2, -0.15) is 12.6 Å². The zero-order chi connectivity index (χ0) is 18.7. The number of thiol groups is 1. The summed E-state index contributed by atoms with van der Waals surface area (Å²) in [6.45, 7) is 3.41. The number of phenolic OH excluding ortho intramolecular Hbond substituents is 1. The minimum absolute atomic E-state index is 0.0699. The summed E-state index contributed by atoms with van der Waals surface area (Å²) in [6.07, 6.45) is 4.86.